The second-order valence-corrected chi connectivity index (χ2v) is 12.0. The van der Waals surface area contributed by atoms with E-state index >= 15 is 0 Å². The number of nitrogens with zero attached hydrogens (tertiary/aromatic N) is 6. The fourth-order valence-electron chi connectivity index (χ4n) is 6.74. The Balaban J connectivity index is 1.29. The summed E-state index contributed by atoms with van der Waals surface area (Å²) in [5, 5.41) is 3.54. The number of piperidine rings is 2. The van der Waals surface area contributed by atoms with E-state index in [1.54, 1.807) is 12.1 Å². The number of pyridine rings is 1. The highest BCUT2D eigenvalue weighted by molar-refractivity contribution is 5.62. The van der Waals surface area contributed by atoms with Crippen LogP contribution in [0.5, 0.6) is 0 Å². The molecule has 0 radical (unpaired) electrons. The van der Waals surface area contributed by atoms with Crippen LogP contribution in [0.3, 0.4) is 0 Å². The van der Waals surface area contributed by atoms with Crippen molar-refractivity contribution >= 4 is 17.3 Å². The molecule has 2 aromatic heterocycles. The Hall–Kier alpha value is -3.88. The van der Waals surface area contributed by atoms with Crippen LogP contribution >= 0.6 is 0 Å². The van der Waals surface area contributed by atoms with Gasteiger partial charge in [0, 0.05) is 75.1 Å². The number of nitrogens with one attached hydrogen (secondary N) is 1. The third kappa shape index (κ3) is 6.30. The van der Waals surface area contributed by atoms with Gasteiger partial charge < -0.3 is 19.6 Å². The fraction of sp³-hybridized carbons (Fsp3) is 0.382. The number of quaternary nitrogens is 1. The first kappa shape index (κ1) is 28.2. The first-order valence-electron chi connectivity index (χ1n) is 15.1. The largest absolute Gasteiger partial charge is 0.345 e. The summed E-state index contributed by atoms with van der Waals surface area (Å²) in [7, 11) is 4.53. The number of hydrogen-bond donors (Lipinski definition) is 1. The lowest BCUT2D eigenvalue weighted by Gasteiger charge is -2.50. The van der Waals surface area contributed by atoms with E-state index in [1.807, 2.05) is 36.8 Å². The van der Waals surface area contributed by atoms with Gasteiger partial charge in [0.2, 0.25) is 5.95 Å². The number of halogens is 1. The molecule has 0 bridgehead atoms. The van der Waals surface area contributed by atoms with Gasteiger partial charge in [-0.05, 0) is 73.0 Å². The van der Waals surface area contributed by atoms with E-state index < -0.39 is 0 Å². The Bertz CT molecular complexity index is 1440. The van der Waals surface area contributed by atoms with Crippen molar-refractivity contribution in [3.8, 4) is 11.3 Å². The van der Waals surface area contributed by atoms with Crippen LogP contribution in [-0.4, -0.2) is 71.8 Å². The van der Waals surface area contributed by atoms with Crippen LogP contribution in [0.4, 0.5) is 21.7 Å². The molecule has 8 heteroatoms. The van der Waals surface area contributed by atoms with Gasteiger partial charge >= 0.3 is 0 Å². The van der Waals surface area contributed by atoms with Crippen LogP contribution in [0.25, 0.3) is 11.3 Å². The molecule has 7 nitrogen and oxygen atoms in total. The molecule has 2 aliphatic heterocycles. The summed E-state index contributed by atoms with van der Waals surface area (Å²) in [6.45, 7) is 5.24. The molecule has 4 aromatic rings. The van der Waals surface area contributed by atoms with Crippen LogP contribution in [0.15, 0.2) is 85.3 Å². The SMILES string of the molecule is CN(c1ccncc1)c1ccc(CN(c2nccc(-c3ccc(F)cc3)n2)[C@H]2CCC[N+](C)(C3CCNCC3)C2)cc1. The Morgan fingerprint density at radius 1 is 0.881 bits per heavy atom. The number of hydrogen-bond acceptors (Lipinski definition) is 6. The van der Waals surface area contributed by atoms with Crippen LogP contribution in [0, 0.1) is 5.82 Å². The van der Waals surface area contributed by atoms with Gasteiger partial charge in [-0.15, -0.1) is 0 Å². The van der Waals surface area contributed by atoms with E-state index in [0.717, 1.165) is 65.7 Å². The lowest BCUT2D eigenvalue weighted by molar-refractivity contribution is -0.939. The number of aromatic nitrogens is 3. The third-order valence-corrected chi connectivity index (χ3v) is 9.23. The molecule has 42 heavy (non-hydrogen) atoms. The highest BCUT2D eigenvalue weighted by atomic mass is 19.1. The average Bonchev–Trinajstić information content (AvgIpc) is 3.05. The minimum Gasteiger partial charge on any atom is -0.345 e. The van der Waals surface area contributed by atoms with Crippen molar-refractivity contribution in [3.05, 3.63) is 96.7 Å². The molecule has 0 spiro atoms. The maximum Gasteiger partial charge on any atom is 0.226 e. The maximum atomic E-state index is 13.6. The van der Waals surface area contributed by atoms with E-state index in [1.165, 1.54) is 43.5 Å². The first-order chi connectivity index (χ1) is 20.5. The van der Waals surface area contributed by atoms with E-state index in [0.29, 0.717) is 12.1 Å². The van der Waals surface area contributed by atoms with Crippen LogP contribution < -0.4 is 15.1 Å². The Kier molecular flexibility index (Phi) is 8.44. The summed E-state index contributed by atoms with van der Waals surface area (Å²) in [6.07, 6.45) is 10.2. The van der Waals surface area contributed by atoms with Crippen molar-refractivity contribution < 1.29 is 8.87 Å². The van der Waals surface area contributed by atoms with Gasteiger partial charge in [0.1, 0.15) is 5.82 Å². The van der Waals surface area contributed by atoms with Gasteiger partial charge in [-0.2, -0.15) is 0 Å². The summed E-state index contributed by atoms with van der Waals surface area (Å²) >= 11 is 0. The molecule has 2 saturated heterocycles. The lowest BCUT2D eigenvalue weighted by Crippen LogP contribution is -2.63. The molecule has 0 amide bonds. The Labute approximate surface area is 248 Å². The summed E-state index contributed by atoms with van der Waals surface area (Å²) in [5.41, 5.74) is 5.15. The zero-order valence-electron chi connectivity index (χ0n) is 24.7. The summed E-state index contributed by atoms with van der Waals surface area (Å²) in [4.78, 5) is 18.6. The van der Waals surface area contributed by atoms with Crippen LogP contribution in [0.2, 0.25) is 0 Å². The Morgan fingerprint density at radius 2 is 1.60 bits per heavy atom. The lowest BCUT2D eigenvalue weighted by atomic mass is 9.94. The minimum absolute atomic E-state index is 0.246. The number of likely N-dealkylation sites (N-methyl/N-ethyl adjacent to an activating group) is 1. The van der Waals surface area contributed by atoms with Crippen LogP contribution in [-0.2, 0) is 6.54 Å². The monoisotopic (exact) mass is 566 g/mol. The zero-order chi connectivity index (χ0) is 28.9. The van der Waals surface area contributed by atoms with E-state index in [4.69, 9.17) is 9.97 Å². The van der Waals surface area contributed by atoms with Crippen molar-refractivity contribution in [1.29, 1.82) is 0 Å². The van der Waals surface area contributed by atoms with Gasteiger partial charge in [0.25, 0.3) is 0 Å². The number of rotatable bonds is 8. The average molecular weight is 567 g/mol. The van der Waals surface area contributed by atoms with Crippen molar-refractivity contribution in [3.63, 3.8) is 0 Å². The summed E-state index contributed by atoms with van der Waals surface area (Å²) < 4.78 is 14.8. The highest BCUT2D eigenvalue weighted by Gasteiger charge is 2.41. The molecule has 0 aliphatic carbocycles. The summed E-state index contributed by atoms with van der Waals surface area (Å²) in [5.74, 6) is 0.489. The van der Waals surface area contributed by atoms with Gasteiger partial charge in [0.15, 0.2) is 0 Å². The first-order valence-corrected chi connectivity index (χ1v) is 15.1. The third-order valence-electron chi connectivity index (χ3n) is 9.23. The molecule has 0 saturated carbocycles. The number of benzene rings is 2. The minimum atomic E-state index is -0.246. The number of likely N-dealkylation sites (tertiary alicyclic amines) is 1. The standard InChI is InChI=1S/C34H41FN7/c1-40(30-13-18-36-19-14-30)29-11-5-26(6-12-29)24-41(31-4-3-23-42(2,25-31)32-15-20-37-21-16-32)34-38-22-17-33(39-34)27-7-9-28(35)10-8-27/h5-14,17-19,22,31-32,37H,3-4,15-16,20-21,23-25H2,1-2H3/q+1/t31-,42?/m0/s1. The molecule has 2 aliphatic rings. The van der Waals surface area contributed by atoms with Gasteiger partial charge in [-0.3, -0.25) is 4.98 Å². The molecule has 6 rings (SSSR count). The van der Waals surface area contributed by atoms with Gasteiger partial charge in [0.05, 0.1) is 37.9 Å². The molecule has 1 N–H and O–H groups in total. The molecular weight excluding hydrogens is 525 g/mol. The molecule has 1 unspecified atom stereocenters. The van der Waals surface area contributed by atoms with Crippen molar-refractivity contribution in [2.24, 2.45) is 0 Å². The van der Waals surface area contributed by atoms with E-state index in [9.17, 15) is 4.39 Å². The predicted molar refractivity (Wildman–Crippen MR) is 167 cm³/mol. The molecule has 2 fully saturated rings. The van der Waals surface area contributed by atoms with E-state index in [-0.39, 0.29) is 5.82 Å². The normalized spacial score (nSPS) is 21.2. The van der Waals surface area contributed by atoms with E-state index in [2.05, 4.69) is 58.5 Å². The maximum absolute atomic E-state index is 13.6. The quantitative estimate of drug-likeness (QED) is 0.272. The fourth-order valence-corrected chi connectivity index (χ4v) is 6.74. The number of anilines is 3. The predicted octanol–water partition coefficient (Wildman–Crippen LogP) is 5.81. The summed E-state index contributed by atoms with van der Waals surface area (Å²) in [6, 6.07) is 22.3. The van der Waals surface area contributed by atoms with Crippen molar-refractivity contribution in [2.75, 3.05) is 50.1 Å². The topological polar surface area (TPSA) is 57.2 Å². The second-order valence-electron chi connectivity index (χ2n) is 12.0. The smallest absolute Gasteiger partial charge is 0.226 e. The highest BCUT2D eigenvalue weighted by Crippen LogP contribution is 2.32. The second kappa shape index (κ2) is 12.5. The molecule has 2 atom stereocenters. The molecule has 218 valence electrons. The van der Waals surface area contributed by atoms with Gasteiger partial charge in [-0.25, -0.2) is 14.4 Å². The molecule has 4 heterocycles. The zero-order valence-corrected chi connectivity index (χ0v) is 24.7. The van der Waals surface area contributed by atoms with Crippen LogP contribution in [0.1, 0.15) is 31.2 Å². The van der Waals surface area contributed by atoms with Gasteiger partial charge in [-0.1, -0.05) is 12.1 Å². The van der Waals surface area contributed by atoms with Crippen molar-refractivity contribution in [2.45, 2.75) is 44.3 Å². The molecular formula is C34H41FN7+. The van der Waals surface area contributed by atoms with Crippen molar-refractivity contribution in [1.82, 2.24) is 20.3 Å². The Morgan fingerprint density at radius 3 is 2.33 bits per heavy atom. The molecule has 2 aromatic carbocycles.